The number of likely N-dealkylation sites (tertiary alicyclic amines) is 1. The van der Waals surface area contributed by atoms with Crippen molar-refractivity contribution in [2.45, 2.75) is 51.8 Å². The summed E-state index contributed by atoms with van der Waals surface area (Å²) in [5.74, 6) is 0. The molecule has 0 amide bonds. The van der Waals surface area contributed by atoms with Crippen LogP contribution in [0.3, 0.4) is 0 Å². The van der Waals surface area contributed by atoms with Gasteiger partial charge in [-0.1, -0.05) is 0 Å². The van der Waals surface area contributed by atoms with Crippen LogP contribution in [0, 0.1) is 0 Å². The first-order valence-corrected chi connectivity index (χ1v) is 6.13. The van der Waals surface area contributed by atoms with Crippen molar-refractivity contribution in [3.05, 3.63) is 0 Å². The molecule has 1 rings (SSSR count). The van der Waals surface area contributed by atoms with Gasteiger partial charge < -0.3 is 15.0 Å². The predicted octanol–water partition coefficient (Wildman–Crippen LogP) is 1.48. The normalized spacial score (nSPS) is 22.2. The Hall–Kier alpha value is -0.120. The van der Waals surface area contributed by atoms with Gasteiger partial charge in [-0.15, -0.1) is 0 Å². The second-order valence-corrected chi connectivity index (χ2v) is 4.86. The van der Waals surface area contributed by atoms with Crippen molar-refractivity contribution in [1.29, 1.82) is 0 Å². The standard InChI is InChI=1S/C12H26N2O/c1-10(2)14-7-5-12(6-8-14)13-9-11(3)15-4/h10-13H,5-9H2,1-4H3. The van der Waals surface area contributed by atoms with E-state index in [9.17, 15) is 0 Å². The van der Waals surface area contributed by atoms with Crippen LogP contribution in [-0.4, -0.2) is 49.8 Å². The molecule has 1 heterocycles. The molecular formula is C12H26N2O. The first-order chi connectivity index (χ1) is 7.13. The fraction of sp³-hybridized carbons (Fsp3) is 1.00. The Morgan fingerprint density at radius 3 is 2.33 bits per heavy atom. The zero-order chi connectivity index (χ0) is 11.3. The monoisotopic (exact) mass is 214 g/mol. The van der Waals surface area contributed by atoms with Crippen LogP contribution in [0.25, 0.3) is 0 Å². The topological polar surface area (TPSA) is 24.5 Å². The van der Waals surface area contributed by atoms with Crippen molar-refractivity contribution in [2.24, 2.45) is 0 Å². The Morgan fingerprint density at radius 2 is 1.87 bits per heavy atom. The Kier molecular flexibility index (Phi) is 5.58. The van der Waals surface area contributed by atoms with Gasteiger partial charge in [-0.05, 0) is 46.7 Å². The summed E-state index contributed by atoms with van der Waals surface area (Å²) in [6.07, 6.45) is 2.87. The molecular weight excluding hydrogens is 188 g/mol. The highest BCUT2D eigenvalue weighted by atomic mass is 16.5. The van der Waals surface area contributed by atoms with Crippen LogP contribution >= 0.6 is 0 Å². The van der Waals surface area contributed by atoms with Gasteiger partial charge in [-0.3, -0.25) is 0 Å². The Bertz CT molecular complexity index is 165. The van der Waals surface area contributed by atoms with Gasteiger partial charge in [0.2, 0.25) is 0 Å². The third kappa shape index (κ3) is 4.49. The van der Waals surface area contributed by atoms with E-state index in [4.69, 9.17) is 4.74 Å². The van der Waals surface area contributed by atoms with Gasteiger partial charge in [0.05, 0.1) is 6.10 Å². The van der Waals surface area contributed by atoms with E-state index in [1.165, 1.54) is 25.9 Å². The molecule has 0 aromatic carbocycles. The highest BCUT2D eigenvalue weighted by Crippen LogP contribution is 2.12. The quantitative estimate of drug-likeness (QED) is 0.750. The molecule has 0 radical (unpaired) electrons. The van der Waals surface area contributed by atoms with Crippen molar-refractivity contribution >= 4 is 0 Å². The van der Waals surface area contributed by atoms with E-state index in [2.05, 4.69) is 31.0 Å². The number of piperidine rings is 1. The van der Waals surface area contributed by atoms with Crippen LogP contribution in [0.1, 0.15) is 33.6 Å². The van der Waals surface area contributed by atoms with Crippen LogP contribution < -0.4 is 5.32 Å². The molecule has 0 bridgehead atoms. The molecule has 3 nitrogen and oxygen atoms in total. The molecule has 1 atom stereocenters. The summed E-state index contributed by atoms with van der Waals surface area (Å²) in [7, 11) is 1.77. The van der Waals surface area contributed by atoms with Gasteiger partial charge in [-0.2, -0.15) is 0 Å². The molecule has 1 saturated heterocycles. The molecule has 0 aromatic rings. The van der Waals surface area contributed by atoms with Crippen molar-refractivity contribution < 1.29 is 4.74 Å². The van der Waals surface area contributed by atoms with Crippen molar-refractivity contribution in [2.75, 3.05) is 26.7 Å². The lowest BCUT2D eigenvalue weighted by molar-refractivity contribution is 0.105. The second kappa shape index (κ2) is 6.46. The summed E-state index contributed by atoms with van der Waals surface area (Å²) in [4.78, 5) is 2.55. The number of methoxy groups -OCH3 is 1. The minimum Gasteiger partial charge on any atom is -0.380 e. The number of nitrogens with one attached hydrogen (secondary N) is 1. The number of rotatable bonds is 5. The van der Waals surface area contributed by atoms with Gasteiger partial charge in [-0.25, -0.2) is 0 Å². The molecule has 1 aliphatic rings. The molecule has 0 aromatic heterocycles. The lowest BCUT2D eigenvalue weighted by Crippen LogP contribution is -2.46. The molecule has 1 N–H and O–H groups in total. The molecule has 90 valence electrons. The number of hydrogen-bond donors (Lipinski definition) is 1. The van der Waals surface area contributed by atoms with E-state index in [1.807, 2.05) is 0 Å². The van der Waals surface area contributed by atoms with Crippen LogP contribution in [0.2, 0.25) is 0 Å². The van der Waals surface area contributed by atoms with E-state index >= 15 is 0 Å². The van der Waals surface area contributed by atoms with Gasteiger partial charge in [0.1, 0.15) is 0 Å². The number of hydrogen-bond acceptors (Lipinski definition) is 3. The van der Waals surface area contributed by atoms with E-state index in [1.54, 1.807) is 7.11 Å². The zero-order valence-electron chi connectivity index (χ0n) is 10.6. The molecule has 0 aliphatic carbocycles. The van der Waals surface area contributed by atoms with Crippen LogP contribution in [0.4, 0.5) is 0 Å². The summed E-state index contributed by atoms with van der Waals surface area (Å²) < 4.78 is 5.23. The molecule has 1 unspecified atom stereocenters. The van der Waals surface area contributed by atoms with Gasteiger partial charge in [0, 0.05) is 25.7 Å². The van der Waals surface area contributed by atoms with Crippen LogP contribution in [-0.2, 0) is 4.74 Å². The highest BCUT2D eigenvalue weighted by molar-refractivity contribution is 4.79. The summed E-state index contributed by atoms with van der Waals surface area (Å²) >= 11 is 0. The Morgan fingerprint density at radius 1 is 1.27 bits per heavy atom. The molecule has 3 heteroatoms. The van der Waals surface area contributed by atoms with E-state index in [-0.39, 0.29) is 0 Å². The Balaban J connectivity index is 2.14. The maximum atomic E-state index is 5.23. The minimum atomic E-state index is 0.327. The summed E-state index contributed by atoms with van der Waals surface area (Å²) in [6.45, 7) is 10.1. The van der Waals surface area contributed by atoms with Crippen LogP contribution in [0.5, 0.6) is 0 Å². The summed E-state index contributed by atoms with van der Waals surface area (Å²) in [5.41, 5.74) is 0. The third-order valence-corrected chi connectivity index (χ3v) is 3.36. The smallest absolute Gasteiger partial charge is 0.0667 e. The van der Waals surface area contributed by atoms with Crippen molar-refractivity contribution in [3.8, 4) is 0 Å². The summed E-state index contributed by atoms with van der Waals surface area (Å²) in [6, 6.07) is 1.39. The molecule has 0 saturated carbocycles. The van der Waals surface area contributed by atoms with E-state index in [0.29, 0.717) is 18.2 Å². The first-order valence-electron chi connectivity index (χ1n) is 6.13. The third-order valence-electron chi connectivity index (χ3n) is 3.36. The fourth-order valence-corrected chi connectivity index (χ4v) is 2.04. The van der Waals surface area contributed by atoms with Gasteiger partial charge in [0.25, 0.3) is 0 Å². The fourth-order valence-electron chi connectivity index (χ4n) is 2.04. The molecule has 1 fully saturated rings. The van der Waals surface area contributed by atoms with Gasteiger partial charge in [0.15, 0.2) is 0 Å². The minimum absolute atomic E-state index is 0.327. The predicted molar refractivity (Wildman–Crippen MR) is 64.2 cm³/mol. The first kappa shape index (κ1) is 12.9. The zero-order valence-corrected chi connectivity index (χ0v) is 10.6. The lowest BCUT2D eigenvalue weighted by atomic mass is 10.0. The molecule has 15 heavy (non-hydrogen) atoms. The maximum absolute atomic E-state index is 5.23. The summed E-state index contributed by atoms with van der Waals surface area (Å²) in [5, 5.41) is 3.58. The van der Waals surface area contributed by atoms with E-state index < -0.39 is 0 Å². The van der Waals surface area contributed by atoms with Gasteiger partial charge >= 0.3 is 0 Å². The SMILES string of the molecule is COC(C)CNC1CCN(C(C)C)CC1. The van der Waals surface area contributed by atoms with Crippen molar-refractivity contribution in [1.82, 2.24) is 10.2 Å². The molecule has 0 spiro atoms. The maximum Gasteiger partial charge on any atom is 0.0667 e. The number of ether oxygens (including phenoxy) is 1. The average molecular weight is 214 g/mol. The largest absolute Gasteiger partial charge is 0.380 e. The van der Waals surface area contributed by atoms with Crippen LogP contribution in [0.15, 0.2) is 0 Å². The van der Waals surface area contributed by atoms with E-state index in [0.717, 1.165) is 6.54 Å². The average Bonchev–Trinajstić information content (AvgIpc) is 2.26. The highest BCUT2D eigenvalue weighted by Gasteiger charge is 2.20. The molecule has 1 aliphatic heterocycles. The lowest BCUT2D eigenvalue weighted by Gasteiger charge is -2.35. The van der Waals surface area contributed by atoms with Crippen molar-refractivity contribution in [3.63, 3.8) is 0 Å². The number of nitrogens with zero attached hydrogens (tertiary/aromatic N) is 1. The Labute approximate surface area is 94.2 Å². The second-order valence-electron chi connectivity index (χ2n) is 4.86.